The molecular weight excluding hydrogens is 545 g/mol. The van der Waals surface area contributed by atoms with Crippen LogP contribution < -0.4 is 15.4 Å². The van der Waals surface area contributed by atoms with Crippen molar-refractivity contribution in [1.82, 2.24) is 14.3 Å². The molecule has 0 bridgehead atoms. The van der Waals surface area contributed by atoms with Crippen molar-refractivity contribution in [2.45, 2.75) is 32.5 Å². The number of carbonyl (C=O) groups is 2. The van der Waals surface area contributed by atoms with Crippen molar-refractivity contribution in [1.29, 1.82) is 0 Å². The Balaban J connectivity index is 1.86. The van der Waals surface area contributed by atoms with Crippen molar-refractivity contribution in [3.8, 4) is 5.75 Å². The Labute approximate surface area is 216 Å². The van der Waals surface area contributed by atoms with Crippen molar-refractivity contribution in [2.75, 3.05) is 26.0 Å². The Morgan fingerprint density at radius 1 is 1.24 bits per heavy atom. The van der Waals surface area contributed by atoms with Crippen molar-refractivity contribution in [2.24, 2.45) is 5.73 Å². The first-order chi connectivity index (χ1) is 16.0. The van der Waals surface area contributed by atoms with Crippen LogP contribution in [0.2, 0.25) is 10.0 Å². The van der Waals surface area contributed by atoms with Crippen LogP contribution in [0.15, 0.2) is 35.1 Å². The molecule has 182 valence electrons. The predicted octanol–water partition coefficient (Wildman–Crippen LogP) is 4.10. The molecule has 0 aliphatic carbocycles. The molecule has 3 rings (SSSR count). The number of imidazole rings is 1. The maximum atomic E-state index is 12.9. The lowest BCUT2D eigenvalue weighted by molar-refractivity contribution is -0.130. The van der Waals surface area contributed by atoms with E-state index in [-0.39, 0.29) is 17.4 Å². The number of ether oxygens (including phenoxy) is 1. The van der Waals surface area contributed by atoms with Crippen LogP contribution in [0.25, 0.3) is 5.65 Å². The summed E-state index contributed by atoms with van der Waals surface area (Å²) in [4.78, 5) is 33.0. The summed E-state index contributed by atoms with van der Waals surface area (Å²) in [6, 6.07) is 5.03. The molecule has 11 heteroatoms. The number of hydrogen-bond acceptors (Lipinski definition) is 6. The smallest absolute Gasteiger partial charge is 0.251 e. The number of nitrogens with zero attached hydrogens (tertiary/aromatic N) is 4. The number of aromatic nitrogens is 2. The zero-order valence-corrected chi connectivity index (χ0v) is 22.6. The average Bonchev–Trinajstić information content (AvgIpc) is 3.10. The summed E-state index contributed by atoms with van der Waals surface area (Å²) in [6.45, 7) is 3.62. The van der Waals surface area contributed by atoms with Gasteiger partial charge in [0.15, 0.2) is 17.2 Å². The molecule has 0 saturated carbocycles. The van der Waals surface area contributed by atoms with Gasteiger partial charge in [0.2, 0.25) is 0 Å². The molecule has 2 heterocycles. The summed E-state index contributed by atoms with van der Waals surface area (Å²) >= 11 is 16.6. The van der Waals surface area contributed by atoms with Gasteiger partial charge in [0.25, 0.3) is 5.91 Å². The van der Waals surface area contributed by atoms with E-state index >= 15 is 0 Å². The first-order valence-corrected chi connectivity index (χ1v) is 12.0. The van der Waals surface area contributed by atoms with E-state index in [4.69, 9.17) is 33.7 Å². The third-order valence-electron chi connectivity index (χ3n) is 5.70. The second-order valence-corrected chi connectivity index (χ2v) is 9.65. The number of fused-ring (bicyclic) bond motifs is 1. The second-order valence-electron chi connectivity index (χ2n) is 8.12. The molecule has 0 spiro atoms. The monoisotopic (exact) mass is 569 g/mol. The lowest BCUT2D eigenvalue weighted by atomic mass is 10.0. The van der Waals surface area contributed by atoms with Crippen LogP contribution in [0, 0.1) is 6.92 Å². The third-order valence-corrected chi connectivity index (χ3v) is 7.44. The molecule has 34 heavy (non-hydrogen) atoms. The number of benzene rings is 1. The Morgan fingerprint density at radius 2 is 1.91 bits per heavy atom. The van der Waals surface area contributed by atoms with E-state index in [0.717, 1.165) is 10.3 Å². The number of aryl methyl sites for hydroxylation is 1. The highest BCUT2D eigenvalue weighted by Gasteiger charge is 2.31. The molecule has 0 aliphatic rings. The van der Waals surface area contributed by atoms with Crippen LogP contribution in [0.4, 0.5) is 5.69 Å². The third kappa shape index (κ3) is 5.08. The van der Waals surface area contributed by atoms with Gasteiger partial charge >= 0.3 is 0 Å². The van der Waals surface area contributed by atoms with E-state index in [1.807, 2.05) is 23.6 Å². The number of Topliss-reactive ketones (excluding diaryl/α,β-unsaturated/α-hetero) is 1. The molecule has 8 nitrogen and oxygen atoms in total. The fourth-order valence-corrected chi connectivity index (χ4v) is 4.31. The zero-order chi connectivity index (χ0) is 25.3. The molecule has 2 N–H and O–H groups in total. The van der Waals surface area contributed by atoms with Gasteiger partial charge in [0.1, 0.15) is 17.3 Å². The summed E-state index contributed by atoms with van der Waals surface area (Å²) < 4.78 is 8.71. The Bertz CT molecular complexity index is 1250. The minimum Gasteiger partial charge on any atom is -0.485 e. The van der Waals surface area contributed by atoms with Gasteiger partial charge in [-0.15, -0.1) is 0 Å². The standard InChI is InChI=1S/C23H26BrCl2N5O3/c1-12-21(24)31-10-6-7-17(22(31)28-12)34-11-14-15(25)8-9-16(18(14)26)30(5)23(33)19(27)20(32)13(2)29(3)4/h6-10,13,19H,11,27H2,1-5H3/t13-,19?/m0/s1. The number of nitrogens with two attached hydrogens (primary N) is 1. The number of anilines is 1. The van der Waals surface area contributed by atoms with E-state index in [2.05, 4.69) is 20.9 Å². The fourth-order valence-electron chi connectivity index (χ4n) is 3.33. The molecule has 3 aromatic rings. The average molecular weight is 571 g/mol. The van der Waals surface area contributed by atoms with Gasteiger partial charge in [-0.3, -0.25) is 18.9 Å². The summed E-state index contributed by atoms with van der Waals surface area (Å²) in [5.41, 5.74) is 8.31. The number of rotatable bonds is 8. The predicted molar refractivity (Wildman–Crippen MR) is 138 cm³/mol. The highest BCUT2D eigenvalue weighted by molar-refractivity contribution is 9.10. The van der Waals surface area contributed by atoms with Crippen LogP contribution in [-0.4, -0.2) is 59.2 Å². The molecule has 2 atom stereocenters. The van der Waals surface area contributed by atoms with Crippen molar-refractivity contribution in [3.63, 3.8) is 0 Å². The number of ketones is 1. The molecular formula is C23H26BrCl2N5O3. The normalized spacial score (nSPS) is 13.2. The lowest BCUT2D eigenvalue weighted by Crippen LogP contribution is -2.52. The lowest BCUT2D eigenvalue weighted by Gasteiger charge is -2.26. The quantitative estimate of drug-likeness (QED) is 0.410. The number of hydrogen-bond donors (Lipinski definition) is 1. The Kier molecular flexibility index (Phi) is 8.26. The highest BCUT2D eigenvalue weighted by Crippen LogP contribution is 2.35. The molecule has 0 saturated heterocycles. The van der Waals surface area contributed by atoms with Gasteiger partial charge in [-0.05, 0) is 68.1 Å². The van der Waals surface area contributed by atoms with Gasteiger partial charge < -0.3 is 15.4 Å². The van der Waals surface area contributed by atoms with Crippen LogP contribution in [0.1, 0.15) is 18.2 Å². The van der Waals surface area contributed by atoms with Gasteiger partial charge in [-0.1, -0.05) is 23.2 Å². The van der Waals surface area contributed by atoms with E-state index in [9.17, 15) is 9.59 Å². The molecule has 0 radical (unpaired) electrons. The number of amides is 1. The topological polar surface area (TPSA) is 93.2 Å². The minimum atomic E-state index is -1.33. The van der Waals surface area contributed by atoms with Crippen molar-refractivity contribution >= 4 is 62.2 Å². The summed E-state index contributed by atoms with van der Waals surface area (Å²) in [5.74, 6) is -0.412. The minimum absolute atomic E-state index is 0.0411. The van der Waals surface area contributed by atoms with E-state index < -0.39 is 18.0 Å². The summed E-state index contributed by atoms with van der Waals surface area (Å²) in [5, 5.41) is 0.611. The Morgan fingerprint density at radius 3 is 2.56 bits per heavy atom. The molecule has 2 aromatic heterocycles. The molecule has 0 aliphatic heterocycles. The van der Waals surface area contributed by atoms with E-state index in [1.165, 1.54) is 11.9 Å². The van der Waals surface area contributed by atoms with Gasteiger partial charge in [0.05, 0.1) is 22.4 Å². The molecule has 1 unspecified atom stereocenters. The van der Waals surface area contributed by atoms with Crippen molar-refractivity contribution in [3.05, 3.63) is 56.4 Å². The first-order valence-electron chi connectivity index (χ1n) is 10.4. The van der Waals surface area contributed by atoms with E-state index in [0.29, 0.717) is 27.7 Å². The maximum absolute atomic E-state index is 12.9. The van der Waals surface area contributed by atoms with Crippen LogP contribution in [-0.2, 0) is 16.2 Å². The van der Waals surface area contributed by atoms with Gasteiger partial charge in [-0.2, -0.15) is 0 Å². The summed E-state index contributed by atoms with van der Waals surface area (Å²) in [6.07, 6.45) is 1.87. The number of pyridine rings is 1. The van der Waals surface area contributed by atoms with Crippen LogP contribution in [0.5, 0.6) is 5.75 Å². The summed E-state index contributed by atoms with van der Waals surface area (Å²) in [7, 11) is 5.01. The first kappa shape index (κ1) is 26.4. The largest absolute Gasteiger partial charge is 0.485 e. The highest BCUT2D eigenvalue weighted by atomic mass is 79.9. The zero-order valence-electron chi connectivity index (χ0n) is 19.5. The molecule has 0 fully saturated rings. The molecule has 1 aromatic carbocycles. The number of likely N-dealkylation sites (N-methyl/N-ethyl adjacent to an activating group) is 2. The van der Waals surface area contributed by atoms with Crippen LogP contribution >= 0.6 is 39.1 Å². The van der Waals surface area contributed by atoms with Crippen LogP contribution in [0.3, 0.4) is 0 Å². The van der Waals surface area contributed by atoms with Crippen molar-refractivity contribution < 1.29 is 14.3 Å². The number of halogens is 3. The Hall–Kier alpha value is -2.17. The number of carbonyl (C=O) groups excluding carboxylic acids is 2. The van der Waals surface area contributed by atoms with E-state index in [1.54, 1.807) is 44.1 Å². The second kappa shape index (κ2) is 10.6. The van der Waals surface area contributed by atoms with Gasteiger partial charge in [-0.25, -0.2) is 4.98 Å². The maximum Gasteiger partial charge on any atom is 0.251 e. The van der Waals surface area contributed by atoms with Gasteiger partial charge in [0, 0.05) is 23.8 Å². The fraction of sp³-hybridized carbons (Fsp3) is 0.348. The SMILES string of the molecule is Cc1nc2c(OCc3c(Cl)ccc(N(C)C(=O)C(N)C(=O)[C@H](C)N(C)C)c3Cl)cccn2c1Br. The molecule has 1 amide bonds.